The number of allylic oxidation sites excluding steroid dienone is 1. The zero-order valence-corrected chi connectivity index (χ0v) is 7.01. The van der Waals surface area contributed by atoms with Crippen molar-refractivity contribution < 1.29 is 4.74 Å². The van der Waals surface area contributed by atoms with Gasteiger partial charge < -0.3 is 10.1 Å². The van der Waals surface area contributed by atoms with Crippen molar-refractivity contribution in [1.29, 1.82) is 0 Å². The first kappa shape index (κ1) is 8.75. The minimum atomic E-state index is 0.472. The van der Waals surface area contributed by atoms with Crippen LogP contribution in [0, 0.1) is 0 Å². The lowest BCUT2D eigenvalue weighted by Gasteiger charge is -2.08. The Bertz CT molecular complexity index is 108. The number of rotatable bonds is 5. The van der Waals surface area contributed by atoms with Gasteiger partial charge in [-0.05, 0) is 25.8 Å². The molecular weight excluding hydrogens is 138 g/mol. The summed E-state index contributed by atoms with van der Waals surface area (Å²) in [6.07, 6.45) is 5.77. The van der Waals surface area contributed by atoms with E-state index in [-0.39, 0.29) is 0 Å². The van der Waals surface area contributed by atoms with Gasteiger partial charge in [0.1, 0.15) is 0 Å². The zero-order chi connectivity index (χ0) is 7.94. The van der Waals surface area contributed by atoms with Crippen LogP contribution in [0.25, 0.3) is 0 Å². The Labute approximate surface area is 68.6 Å². The predicted octanol–water partition coefficient (Wildman–Crippen LogP) is 1.33. The van der Waals surface area contributed by atoms with E-state index < -0.39 is 0 Å². The number of unbranched alkanes of at least 4 members (excludes halogenated alkanes) is 1. The van der Waals surface area contributed by atoms with Crippen molar-refractivity contribution >= 4 is 0 Å². The van der Waals surface area contributed by atoms with Crippen LogP contribution in [0.1, 0.15) is 19.3 Å². The van der Waals surface area contributed by atoms with Crippen molar-refractivity contribution in [2.75, 3.05) is 19.7 Å². The Hall–Kier alpha value is -0.340. The maximum absolute atomic E-state index is 5.59. The largest absolute Gasteiger partial charge is 0.377 e. The molecule has 0 saturated carbocycles. The summed E-state index contributed by atoms with van der Waals surface area (Å²) >= 11 is 0. The highest BCUT2D eigenvalue weighted by molar-refractivity contribution is 4.71. The fourth-order valence-corrected chi connectivity index (χ4v) is 1.25. The van der Waals surface area contributed by atoms with Crippen LogP contribution in [0.2, 0.25) is 0 Å². The average molecular weight is 155 g/mol. The van der Waals surface area contributed by atoms with E-state index in [0.717, 1.165) is 32.5 Å². The molecule has 0 aliphatic carbocycles. The van der Waals surface area contributed by atoms with Crippen LogP contribution in [0.15, 0.2) is 12.7 Å². The van der Waals surface area contributed by atoms with Crippen molar-refractivity contribution in [3.8, 4) is 0 Å². The van der Waals surface area contributed by atoms with Crippen molar-refractivity contribution in [2.24, 2.45) is 0 Å². The first-order valence-corrected chi connectivity index (χ1v) is 4.36. The molecule has 0 aromatic carbocycles. The quantitative estimate of drug-likeness (QED) is 0.477. The van der Waals surface area contributed by atoms with Gasteiger partial charge in [-0.3, -0.25) is 0 Å². The summed E-state index contributed by atoms with van der Waals surface area (Å²) < 4.78 is 5.59. The molecule has 1 unspecified atom stereocenters. The van der Waals surface area contributed by atoms with Crippen LogP contribution >= 0.6 is 0 Å². The fraction of sp³-hybridized carbons (Fsp3) is 0.778. The molecule has 1 rings (SSSR count). The molecule has 0 aromatic rings. The van der Waals surface area contributed by atoms with Crippen LogP contribution < -0.4 is 5.32 Å². The second-order valence-electron chi connectivity index (χ2n) is 2.92. The van der Waals surface area contributed by atoms with E-state index in [4.69, 9.17) is 4.74 Å². The Balaban J connectivity index is 1.89. The van der Waals surface area contributed by atoms with Gasteiger partial charge in [-0.2, -0.15) is 0 Å². The Morgan fingerprint density at radius 1 is 1.64 bits per heavy atom. The molecule has 1 saturated heterocycles. The van der Waals surface area contributed by atoms with E-state index in [1.807, 2.05) is 6.08 Å². The van der Waals surface area contributed by atoms with E-state index in [2.05, 4.69) is 11.9 Å². The highest BCUT2D eigenvalue weighted by Gasteiger charge is 2.13. The standard InChI is InChI=1S/C9H17NO/c1-2-3-4-7-11-9-5-6-10-8-9/h2,9-10H,1,3-8H2. The number of nitrogens with one attached hydrogen (secondary N) is 1. The van der Waals surface area contributed by atoms with E-state index in [9.17, 15) is 0 Å². The monoisotopic (exact) mass is 155 g/mol. The molecule has 0 bridgehead atoms. The normalized spacial score (nSPS) is 23.8. The van der Waals surface area contributed by atoms with Crippen LogP contribution in [0.4, 0.5) is 0 Å². The molecule has 0 aromatic heterocycles. The summed E-state index contributed by atoms with van der Waals surface area (Å²) in [6, 6.07) is 0. The van der Waals surface area contributed by atoms with Crippen LogP contribution in [-0.4, -0.2) is 25.8 Å². The smallest absolute Gasteiger partial charge is 0.0711 e. The maximum Gasteiger partial charge on any atom is 0.0711 e. The topological polar surface area (TPSA) is 21.3 Å². The minimum absolute atomic E-state index is 0.472. The van der Waals surface area contributed by atoms with Gasteiger partial charge in [0.15, 0.2) is 0 Å². The molecule has 1 aliphatic heterocycles. The summed E-state index contributed by atoms with van der Waals surface area (Å²) in [4.78, 5) is 0. The van der Waals surface area contributed by atoms with Crippen molar-refractivity contribution in [1.82, 2.24) is 5.32 Å². The molecule has 0 radical (unpaired) electrons. The third-order valence-corrected chi connectivity index (χ3v) is 1.92. The third-order valence-electron chi connectivity index (χ3n) is 1.92. The lowest BCUT2D eigenvalue weighted by Crippen LogP contribution is -2.17. The van der Waals surface area contributed by atoms with Crippen molar-refractivity contribution in [3.63, 3.8) is 0 Å². The molecule has 0 amide bonds. The molecule has 1 N–H and O–H groups in total. The third kappa shape index (κ3) is 3.54. The number of hydrogen-bond donors (Lipinski definition) is 1. The van der Waals surface area contributed by atoms with Crippen molar-refractivity contribution in [2.45, 2.75) is 25.4 Å². The van der Waals surface area contributed by atoms with Gasteiger partial charge in [-0.1, -0.05) is 6.08 Å². The van der Waals surface area contributed by atoms with Crippen molar-refractivity contribution in [3.05, 3.63) is 12.7 Å². The van der Waals surface area contributed by atoms with Gasteiger partial charge in [-0.15, -0.1) is 6.58 Å². The number of ether oxygens (including phenoxy) is 1. The summed E-state index contributed by atoms with van der Waals surface area (Å²) in [7, 11) is 0. The molecule has 2 heteroatoms. The second-order valence-corrected chi connectivity index (χ2v) is 2.92. The van der Waals surface area contributed by atoms with Gasteiger partial charge >= 0.3 is 0 Å². The first-order valence-electron chi connectivity index (χ1n) is 4.36. The van der Waals surface area contributed by atoms with Gasteiger partial charge in [0.2, 0.25) is 0 Å². The Kier molecular flexibility index (Phi) is 4.24. The van der Waals surface area contributed by atoms with E-state index in [0.29, 0.717) is 6.10 Å². The van der Waals surface area contributed by atoms with E-state index >= 15 is 0 Å². The van der Waals surface area contributed by atoms with Crippen LogP contribution in [0.3, 0.4) is 0 Å². The van der Waals surface area contributed by atoms with Crippen LogP contribution in [0.5, 0.6) is 0 Å². The summed E-state index contributed by atoms with van der Waals surface area (Å²) in [5.41, 5.74) is 0. The highest BCUT2D eigenvalue weighted by atomic mass is 16.5. The van der Waals surface area contributed by atoms with Gasteiger partial charge in [0.05, 0.1) is 6.10 Å². The molecule has 1 aliphatic rings. The van der Waals surface area contributed by atoms with E-state index in [1.54, 1.807) is 0 Å². The Morgan fingerprint density at radius 2 is 2.55 bits per heavy atom. The summed E-state index contributed by atoms with van der Waals surface area (Å²) in [5.74, 6) is 0. The van der Waals surface area contributed by atoms with Gasteiger partial charge in [0.25, 0.3) is 0 Å². The van der Waals surface area contributed by atoms with Gasteiger partial charge in [0, 0.05) is 13.2 Å². The minimum Gasteiger partial charge on any atom is -0.377 e. The summed E-state index contributed by atoms with van der Waals surface area (Å²) in [5, 5.41) is 3.27. The van der Waals surface area contributed by atoms with E-state index in [1.165, 1.54) is 6.42 Å². The molecule has 1 heterocycles. The zero-order valence-electron chi connectivity index (χ0n) is 7.01. The molecule has 1 fully saturated rings. The SMILES string of the molecule is C=CCCCOC1CCNC1. The molecular formula is C9H17NO. The Morgan fingerprint density at radius 3 is 3.18 bits per heavy atom. The van der Waals surface area contributed by atoms with Crippen LogP contribution in [-0.2, 0) is 4.74 Å². The lowest BCUT2D eigenvalue weighted by molar-refractivity contribution is 0.0658. The molecule has 1 atom stereocenters. The molecule has 0 spiro atoms. The molecule has 64 valence electrons. The lowest BCUT2D eigenvalue weighted by atomic mass is 10.3. The number of hydrogen-bond acceptors (Lipinski definition) is 2. The maximum atomic E-state index is 5.59. The first-order chi connectivity index (χ1) is 5.43. The highest BCUT2D eigenvalue weighted by Crippen LogP contribution is 2.03. The molecule has 11 heavy (non-hydrogen) atoms. The fourth-order valence-electron chi connectivity index (χ4n) is 1.25. The second kappa shape index (κ2) is 5.33. The summed E-state index contributed by atoms with van der Waals surface area (Å²) in [6.45, 7) is 6.70. The molecule has 2 nitrogen and oxygen atoms in total. The van der Waals surface area contributed by atoms with Gasteiger partial charge in [-0.25, -0.2) is 0 Å². The predicted molar refractivity (Wildman–Crippen MR) is 46.7 cm³/mol. The average Bonchev–Trinajstić information content (AvgIpc) is 2.50.